The van der Waals surface area contributed by atoms with E-state index in [2.05, 4.69) is 62.4 Å². The fourth-order valence-electron chi connectivity index (χ4n) is 4.74. The fraction of sp³-hybridized carbons (Fsp3) is 0.900. The van der Waals surface area contributed by atoms with Crippen LogP contribution < -0.4 is 0 Å². The molecule has 144 valence electrons. The molecule has 1 N–H and O–H groups in total. The molecule has 0 saturated carbocycles. The third-order valence-corrected chi connectivity index (χ3v) is 8.00. The first-order valence-electron chi connectivity index (χ1n) is 9.73. The van der Waals surface area contributed by atoms with Gasteiger partial charge in [0.1, 0.15) is 0 Å². The van der Waals surface area contributed by atoms with Crippen molar-refractivity contribution >= 4 is 22.6 Å². The Morgan fingerprint density at radius 1 is 1.28 bits per heavy atom. The van der Waals surface area contributed by atoms with Gasteiger partial charge in [-0.3, -0.25) is 0 Å². The van der Waals surface area contributed by atoms with Gasteiger partial charge in [-0.25, -0.2) is 0 Å². The molecule has 2 spiro atoms. The van der Waals surface area contributed by atoms with Crippen LogP contribution in [0.2, 0.25) is 0 Å². The number of hydrogen-bond acceptors (Lipinski definition) is 4. The largest absolute Gasteiger partial charge is 0.396 e. The summed E-state index contributed by atoms with van der Waals surface area (Å²) >= 11 is 2.40. The molecule has 0 aromatic heterocycles. The third kappa shape index (κ3) is 3.68. The van der Waals surface area contributed by atoms with Crippen molar-refractivity contribution in [2.24, 2.45) is 17.8 Å². The van der Waals surface area contributed by atoms with Gasteiger partial charge in [0.25, 0.3) is 0 Å². The minimum absolute atomic E-state index is 0.0170. The second kappa shape index (κ2) is 7.38. The van der Waals surface area contributed by atoms with E-state index in [1.54, 1.807) is 0 Å². The summed E-state index contributed by atoms with van der Waals surface area (Å²) in [6.07, 6.45) is 8.96. The molecule has 0 bridgehead atoms. The molecule has 5 heteroatoms. The van der Waals surface area contributed by atoms with E-state index in [1.807, 2.05) is 0 Å². The van der Waals surface area contributed by atoms with Gasteiger partial charge in [0, 0.05) is 35.7 Å². The molecule has 3 aliphatic rings. The van der Waals surface area contributed by atoms with Gasteiger partial charge in [-0.05, 0) is 38.2 Å². The van der Waals surface area contributed by atoms with Crippen LogP contribution in [-0.4, -0.2) is 39.4 Å². The lowest BCUT2D eigenvalue weighted by atomic mass is 9.78. The van der Waals surface area contributed by atoms with E-state index >= 15 is 0 Å². The molecule has 0 radical (unpaired) electrons. The summed E-state index contributed by atoms with van der Waals surface area (Å²) in [6, 6.07) is 0. The van der Waals surface area contributed by atoms with Crippen molar-refractivity contribution in [3.63, 3.8) is 0 Å². The lowest BCUT2D eigenvalue weighted by molar-refractivity contribution is -0.388. The second-order valence-electron chi connectivity index (χ2n) is 8.57. The van der Waals surface area contributed by atoms with Crippen LogP contribution in [-0.2, 0) is 14.2 Å². The maximum Gasteiger partial charge on any atom is 0.193 e. The maximum atomic E-state index is 9.79. The average Bonchev–Trinajstić information content (AvgIpc) is 2.90. The van der Waals surface area contributed by atoms with Gasteiger partial charge < -0.3 is 19.3 Å². The number of hydrogen-bond donors (Lipinski definition) is 1. The van der Waals surface area contributed by atoms with Gasteiger partial charge in [0.2, 0.25) is 0 Å². The smallest absolute Gasteiger partial charge is 0.193 e. The van der Waals surface area contributed by atoms with E-state index in [0.717, 1.165) is 36.5 Å². The molecule has 0 aliphatic carbocycles. The minimum atomic E-state index is -0.728. The van der Waals surface area contributed by atoms with Crippen molar-refractivity contribution in [2.75, 3.05) is 11.0 Å². The van der Waals surface area contributed by atoms with Crippen molar-refractivity contribution in [3.8, 4) is 0 Å². The van der Waals surface area contributed by atoms with Crippen molar-refractivity contribution in [2.45, 2.75) is 83.1 Å². The summed E-state index contributed by atoms with van der Waals surface area (Å²) in [5.41, 5.74) is -0.116. The molecule has 0 aromatic rings. The predicted octanol–water partition coefficient (Wildman–Crippen LogP) is 4.44. The molecule has 7 atom stereocenters. The quantitative estimate of drug-likeness (QED) is 0.380. The molecular formula is C20H33IO4. The molecule has 0 aromatic carbocycles. The predicted molar refractivity (Wildman–Crippen MR) is 107 cm³/mol. The van der Waals surface area contributed by atoms with E-state index in [1.165, 1.54) is 0 Å². The normalized spacial score (nSPS) is 48.3. The molecule has 0 unspecified atom stereocenters. The zero-order valence-electron chi connectivity index (χ0n) is 16.0. The molecule has 2 fully saturated rings. The van der Waals surface area contributed by atoms with Crippen molar-refractivity contribution < 1.29 is 19.3 Å². The number of aliphatic hydroxyl groups excluding tert-OH is 1. The van der Waals surface area contributed by atoms with Crippen molar-refractivity contribution in [3.05, 3.63) is 12.2 Å². The van der Waals surface area contributed by atoms with Crippen LogP contribution in [0.1, 0.15) is 59.8 Å². The van der Waals surface area contributed by atoms with Crippen LogP contribution in [0.5, 0.6) is 0 Å². The standard InChI is InChI=1S/C20H33IO4/c1-5-16(12-22)17-14(2)11-15(3)20(23-17)8-6-7-19(25-20)10-9-18(4,13-21)24-19/h6,8,14-17,22H,5,7,9-13H2,1-4H3/t14-,15+,16-,17-,18-,19+,20+/m0/s1. The molecule has 3 aliphatic heterocycles. The fourth-order valence-corrected chi connectivity index (χ4v) is 5.28. The highest BCUT2D eigenvalue weighted by Crippen LogP contribution is 2.51. The summed E-state index contributed by atoms with van der Waals surface area (Å²) in [5, 5.41) is 9.79. The zero-order chi connectivity index (χ0) is 18.3. The highest BCUT2D eigenvalue weighted by atomic mass is 127. The van der Waals surface area contributed by atoms with Gasteiger partial charge in [0.15, 0.2) is 11.6 Å². The summed E-state index contributed by atoms with van der Waals surface area (Å²) in [5.74, 6) is -0.461. The van der Waals surface area contributed by atoms with Crippen LogP contribution in [0.25, 0.3) is 0 Å². The Morgan fingerprint density at radius 2 is 2.04 bits per heavy atom. The van der Waals surface area contributed by atoms with Gasteiger partial charge in [-0.1, -0.05) is 49.4 Å². The molecule has 25 heavy (non-hydrogen) atoms. The average molecular weight is 464 g/mol. The number of alkyl halides is 1. The second-order valence-corrected chi connectivity index (χ2v) is 9.34. The highest BCUT2D eigenvalue weighted by Gasteiger charge is 2.56. The summed E-state index contributed by atoms with van der Waals surface area (Å²) in [7, 11) is 0. The minimum Gasteiger partial charge on any atom is -0.396 e. The van der Waals surface area contributed by atoms with E-state index in [-0.39, 0.29) is 30.1 Å². The summed E-state index contributed by atoms with van der Waals surface area (Å²) < 4.78 is 20.7. The highest BCUT2D eigenvalue weighted by molar-refractivity contribution is 14.1. The molecule has 2 saturated heterocycles. The Bertz CT molecular complexity index is 508. The monoisotopic (exact) mass is 464 g/mol. The van der Waals surface area contributed by atoms with E-state index in [4.69, 9.17) is 14.2 Å². The molecule has 4 nitrogen and oxygen atoms in total. The molecular weight excluding hydrogens is 431 g/mol. The maximum absolute atomic E-state index is 9.79. The molecule has 3 rings (SSSR count). The van der Waals surface area contributed by atoms with Crippen LogP contribution in [0.4, 0.5) is 0 Å². The van der Waals surface area contributed by atoms with Crippen LogP contribution in [0.15, 0.2) is 12.2 Å². The van der Waals surface area contributed by atoms with Gasteiger partial charge in [0.05, 0.1) is 11.7 Å². The first-order chi connectivity index (χ1) is 11.8. The van der Waals surface area contributed by atoms with E-state index < -0.39 is 11.6 Å². The van der Waals surface area contributed by atoms with Crippen LogP contribution in [0.3, 0.4) is 0 Å². The topological polar surface area (TPSA) is 47.9 Å². The Morgan fingerprint density at radius 3 is 2.64 bits per heavy atom. The SMILES string of the molecule is CC[C@@H](CO)[C@H]1O[C@@]2(C=CC[C@]3(CC[C@@](C)(CI)O3)O2)[C@H](C)C[C@@H]1C. The first kappa shape index (κ1) is 20.1. The Hall–Kier alpha value is 0.310. The summed E-state index contributed by atoms with van der Waals surface area (Å²) in [6.45, 7) is 8.90. The molecule has 3 heterocycles. The van der Waals surface area contributed by atoms with Gasteiger partial charge in [-0.2, -0.15) is 0 Å². The number of aliphatic hydroxyl groups is 1. The van der Waals surface area contributed by atoms with Crippen LogP contribution in [0, 0.1) is 17.8 Å². The Balaban J connectivity index is 1.84. The zero-order valence-corrected chi connectivity index (χ0v) is 18.1. The van der Waals surface area contributed by atoms with E-state index in [0.29, 0.717) is 5.92 Å². The molecule has 0 amide bonds. The number of rotatable bonds is 4. The van der Waals surface area contributed by atoms with Crippen LogP contribution >= 0.6 is 22.6 Å². The van der Waals surface area contributed by atoms with E-state index in [9.17, 15) is 5.11 Å². The summed E-state index contributed by atoms with van der Waals surface area (Å²) in [4.78, 5) is 0. The lowest BCUT2D eigenvalue weighted by Gasteiger charge is -2.53. The van der Waals surface area contributed by atoms with Crippen molar-refractivity contribution in [1.29, 1.82) is 0 Å². The Kier molecular flexibility index (Phi) is 5.92. The Labute approximate surface area is 165 Å². The third-order valence-electron chi connectivity index (χ3n) is 6.39. The number of ether oxygens (including phenoxy) is 3. The number of halogens is 1. The van der Waals surface area contributed by atoms with Gasteiger partial charge >= 0.3 is 0 Å². The first-order valence-corrected chi connectivity index (χ1v) is 11.3. The van der Waals surface area contributed by atoms with Crippen molar-refractivity contribution in [1.82, 2.24) is 0 Å². The lowest BCUT2D eigenvalue weighted by Crippen LogP contribution is -2.58. The van der Waals surface area contributed by atoms with Gasteiger partial charge in [-0.15, -0.1) is 0 Å².